The first-order valence-corrected chi connectivity index (χ1v) is 7.19. The van der Waals surface area contributed by atoms with Crippen LogP contribution in [0.5, 0.6) is 0 Å². The van der Waals surface area contributed by atoms with E-state index in [1.165, 1.54) is 24.2 Å². The number of hydrogen-bond acceptors (Lipinski definition) is 4. The van der Waals surface area contributed by atoms with Crippen LogP contribution in [0.2, 0.25) is 0 Å². The zero-order valence-electron chi connectivity index (χ0n) is 11.5. The van der Waals surface area contributed by atoms with Crippen molar-refractivity contribution < 1.29 is 4.79 Å². The number of carbonyl (C=O) groups excluding carboxylic acids is 1. The molecule has 1 amide bonds. The molecule has 1 saturated carbocycles. The molecule has 2 rings (SSSR count). The molecule has 0 spiro atoms. The summed E-state index contributed by atoms with van der Waals surface area (Å²) in [7, 11) is 0. The van der Waals surface area contributed by atoms with Gasteiger partial charge in [-0.3, -0.25) is 4.79 Å². The Balaban J connectivity index is 2.19. The number of nitrogens with one attached hydrogen (secondary N) is 1. The Morgan fingerprint density at radius 1 is 1.33 bits per heavy atom. The topological polar surface area (TPSA) is 54.9 Å². The quantitative estimate of drug-likeness (QED) is 0.854. The summed E-state index contributed by atoms with van der Waals surface area (Å²) < 4.78 is 0. The molecule has 1 aliphatic carbocycles. The first-order valence-electron chi connectivity index (χ1n) is 6.38. The SMILES string of the molecule is CC1(C)CCC(c2nnc(NC=O)s2)C(C)(C)C1. The second-order valence-electron chi connectivity index (χ2n) is 6.63. The third-order valence-corrected chi connectivity index (χ3v) is 4.88. The summed E-state index contributed by atoms with van der Waals surface area (Å²) in [5, 5.41) is 12.5. The fourth-order valence-corrected chi connectivity index (χ4v) is 4.36. The first-order chi connectivity index (χ1) is 8.34. The molecule has 1 N–H and O–H groups in total. The van der Waals surface area contributed by atoms with Crippen molar-refractivity contribution in [3.8, 4) is 0 Å². The van der Waals surface area contributed by atoms with Gasteiger partial charge in [-0.2, -0.15) is 0 Å². The molecule has 1 aromatic heterocycles. The van der Waals surface area contributed by atoms with E-state index < -0.39 is 0 Å². The van der Waals surface area contributed by atoms with Gasteiger partial charge in [0.05, 0.1) is 0 Å². The van der Waals surface area contributed by atoms with E-state index in [1.54, 1.807) is 0 Å². The van der Waals surface area contributed by atoms with E-state index in [4.69, 9.17) is 0 Å². The molecule has 0 saturated heterocycles. The van der Waals surface area contributed by atoms with Gasteiger partial charge in [0, 0.05) is 5.92 Å². The van der Waals surface area contributed by atoms with Gasteiger partial charge in [0.2, 0.25) is 11.5 Å². The second-order valence-corrected chi connectivity index (χ2v) is 7.64. The van der Waals surface area contributed by atoms with Crippen LogP contribution < -0.4 is 5.32 Å². The maximum absolute atomic E-state index is 10.4. The summed E-state index contributed by atoms with van der Waals surface area (Å²) in [4.78, 5) is 10.4. The van der Waals surface area contributed by atoms with Crippen molar-refractivity contribution in [2.45, 2.75) is 52.9 Å². The van der Waals surface area contributed by atoms with Crippen molar-refractivity contribution in [1.82, 2.24) is 10.2 Å². The predicted molar refractivity (Wildman–Crippen MR) is 73.7 cm³/mol. The molecular weight excluding hydrogens is 246 g/mol. The molecular formula is C13H21N3OS. The van der Waals surface area contributed by atoms with Crippen molar-refractivity contribution in [2.24, 2.45) is 10.8 Å². The molecule has 100 valence electrons. The molecule has 4 nitrogen and oxygen atoms in total. The zero-order valence-corrected chi connectivity index (χ0v) is 12.3. The van der Waals surface area contributed by atoms with Gasteiger partial charge in [-0.05, 0) is 30.1 Å². The molecule has 1 fully saturated rings. The Kier molecular flexibility index (Phi) is 3.45. The van der Waals surface area contributed by atoms with Gasteiger partial charge in [0.15, 0.2) is 0 Å². The van der Waals surface area contributed by atoms with Crippen LogP contribution in [0.4, 0.5) is 5.13 Å². The number of nitrogens with zero attached hydrogens (tertiary/aromatic N) is 2. The van der Waals surface area contributed by atoms with Gasteiger partial charge < -0.3 is 5.32 Å². The summed E-state index contributed by atoms with van der Waals surface area (Å²) in [6, 6.07) is 0. The van der Waals surface area contributed by atoms with E-state index in [-0.39, 0.29) is 5.41 Å². The maximum Gasteiger partial charge on any atom is 0.213 e. The largest absolute Gasteiger partial charge is 0.303 e. The maximum atomic E-state index is 10.4. The van der Waals surface area contributed by atoms with Crippen LogP contribution in [0, 0.1) is 10.8 Å². The van der Waals surface area contributed by atoms with Gasteiger partial charge in [-0.15, -0.1) is 10.2 Å². The van der Waals surface area contributed by atoms with Crippen LogP contribution in [0.3, 0.4) is 0 Å². The Bertz CT molecular complexity index is 439. The van der Waals surface area contributed by atoms with Gasteiger partial charge in [-0.25, -0.2) is 0 Å². The highest BCUT2D eigenvalue weighted by Crippen LogP contribution is 2.53. The Morgan fingerprint density at radius 2 is 2.06 bits per heavy atom. The monoisotopic (exact) mass is 267 g/mol. The molecule has 1 unspecified atom stereocenters. The Labute approximate surface area is 112 Å². The van der Waals surface area contributed by atoms with Crippen molar-refractivity contribution in [3.05, 3.63) is 5.01 Å². The molecule has 1 atom stereocenters. The van der Waals surface area contributed by atoms with Gasteiger partial charge >= 0.3 is 0 Å². The minimum absolute atomic E-state index is 0.236. The molecule has 0 bridgehead atoms. The lowest BCUT2D eigenvalue weighted by Crippen LogP contribution is -2.34. The molecule has 1 aromatic rings. The van der Waals surface area contributed by atoms with Crippen molar-refractivity contribution in [2.75, 3.05) is 5.32 Å². The van der Waals surface area contributed by atoms with Gasteiger partial charge in [-0.1, -0.05) is 39.0 Å². The van der Waals surface area contributed by atoms with Gasteiger partial charge in [0.1, 0.15) is 5.01 Å². The van der Waals surface area contributed by atoms with E-state index in [0.717, 1.165) is 11.4 Å². The summed E-state index contributed by atoms with van der Waals surface area (Å²) in [6.07, 6.45) is 4.22. The molecule has 5 heteroatoms. The van der Waals surface area contributed by atoms with E-state index in [0.29, 0.717) is 22.9 Å². The lowest BCUT2D eigenvalue weighted by molar-refractivity contribution is -0.105. The first kappa shape index (κ1) is 13.5. The normalized spacial score (nSPS) is 25.7. The third-order valence-electron chi connectivity index (χ3n) is 3.91. The highest BCUT2D eigenvalue weighted by Gasteiger charge is 2.42. The molecule has 0 aliphatic heterocycles. The van der Waals surface area contributed by atoms with E-state index >= 15 is 0 Å². The molecule has 1 aliphatic rings. The Morgan fingerprint density at radius 3 is 2.67 bits per heavy atom. The highest BCUT2D eigenvalue weighted by atomic mass is 32.1. The minimum Gasteiger partial charge on any atom is -0.303 e. The summed E-state index contributed by atoms with van der Waals surface area (Å²) in [5.41, 5.74) is 0.647. The summed E-state index contributed by atoms with van der Waals surface area (Å²) in [5.74, 6) is 0.449. The number of aromatic nitrogens is 2. The minimum atomic E-state index is 0.236. The van der Waals surface area contributed by atoms with Crippen LogP contribution in [0.1, 0.15) is 57.9 Å². The number of amides is 1. The van der Waals surface area contributed by atoms with E-state index in [1.807, 2.05) is 0 Å². The van der Waals surface area contributed by atoms with Crippen LogP contribution in [-0.4, -0.2) is 16.6 Å². The smallest absolute Gasteiger partial charge is 0.213 e. The van der Waals surface area contributed by atoms with Crippen LogP contribution in [0.15, 0.2) is 0 Å². The number of hydrogen-bond donors (Lipinski definition) is 1. The predicted octanol–water partition coefficient (Wildman–Crippen LogP) is 3.43. The molecule has 0 aromatic carbocycles. The number of carbonyl (C=O) groups is 1. The zero-order chi connectivity index (χ0) is 13.4. The van der Waals surface area contributed by atoms with Crippen LogP contribution in [-0.2, 0) is 4.79 Å². The van der Waals surface area contributed by atoms with Crippen molar-refractivity contribution in [3.63, 3.8) is 0 Å². The van der Waals surface area contributed by atoms with Crippen LogP contribution >= 0.6 is 11.3 Å². The van der Waals surface area contributed by atoms with E-state index in [9.17, 15) is 4.79 Å². The van der Waals surface area contributed by atoms with E-state index in [2.05, 4.69) is 43.2 Å². The molecule has 0 radical (unpaired) electrons. The average molecular weight is 267 g/mol. The standard InChI is InChI=1S/C13H21N3OS/c1-12(2)6-5-9(13(3,4)7-12)10-15-16-11(18-10)14-8-17/h8-9H,5-7H2,1-4H3,(H,14,16,17). The lowest BCUT2D eigenvalue weighted by atomic mass is 9.60. The lowest BCUT2D eigenvalue weighted by Gasteiger charge is -2.45. The van der Waals surface area contributed by atoms with Crippen LogP contribution in [0.25, 0.3) is 0 Å². The molecule has 1 heterocycles. The number of anilines is 1. The Hall–Kier alpha value is -0.970. The summed E-state index contributed by atoms with van der Waals surface area (Å²) >= 11 is 1.50. The average Bonchev–Trinajstić information content (AvgIpc) is 2.63. The number of rotatable bonds is 3. The fourth-order valence-electron chi connectivity index (χ4n) is 3.31. The fraction of sp³-hybridized carbons (Fsp3) is 0.769. The second kappa shape index (κ2) is 4.61. The van der Waals surface area contributed by atoms with Crippen molar-refractivity contribution >= 4 is 22.9 Å². The van der Waals surface area contributed by atoms with Gasteiger partial charge in [0.25, 0.3) is 0 Å². The summed E-state index contributed by atoms with van der Waals surface area (Å²) in [6.45, 7) is 9.30. The third kappa shape index (κ3) is 2.71. The van der Waals surface area contributed by atoms with Crippen molar-refractivity contribution in [1.29, 1.82) is 0 Å². The highest BCUT2D eigenvalue weighted by molar-refractivity contribution is 7.15. The molecule has 18 heavy (non-hydrogen) atoms.